The van der Waals surface area contributed by atoms with Gasteiger partial charge in [-0.2, -0.15) is 0 Å². The summed E-state index contributed by atoms with van der Waals surface area (Å²) in [5.41, 5.74) is 6.71. The summed E-state index contributed by atoms with van der Waals surface area (Å²) in [5.74, 6) is -1.14. The Hall–Kier alpha value is -5.32. The highest BCUT2D eigenvalue weighted by Crippen LogP contribution is 2.36. The highest BCUT2D eigenvalue weighted by atomic mass is 16.5. The summed E-state index contributed by atoms with van der Waals surface area (Å²) in [5, 5.41) is 6.47. The second-order valence-corrected chi connectivity index (χ2v) is 8.72. The molecule has 1 heterocycles. The van der Waals surface area contributed by atoms with Crippen molar-refractivity contribution in [3.8, 4) is 11.5 Å². The standard InChI is InChI=1S/C29H29N5O6/c1-39-24-17-22(31-29(38)20-9-4-3-5-10-20)25(40-2)16-21(24)30-26(35)12-13-27(36)32-33-28(37)18-34-15-14-19-8-6-7-11-23(19)34/h3-11,14-17H,12-13,18H2,1-2H3,(H,30,35)(H,31,38)(H,32,36)(H,33,37). The number of para-hydroxylation sites is 1. The average molecular weight is 544 g/mol. The van der Waals surface area contributed by atoms with Gasteiger partial charge >= 0.3 is 0 Å². The van der Waals surface area contributed by atoms with Crippen molar-refractivity contribution in [1.29, 1.82) is 0 Å². The topological polar surface area (TPSA) is 140 Å². The van der Waals surface area contributed by atoms with Crippen molar-refractivity contribution in [2.24, 2.45) is 0 Å². The van der Waals surface area contributed by atoms with Gasteiger partial charge in [-0.15, -0.1) is 0 Å². The lowest BCUT2D eigenvalue weighted by atomic mass is 10.2. The summed E-state index contributed by atoms with van der Waals surface area (Å²) >= 11 is 0. The van der Waals surface area contributed by atoms with Crippen molar-refractivity contribution in [1.82, 2.24) is 15.4 Å². The molecule has 0 aliphatic carbocycles. The molecule has 0 aliphatic heterocycles. The van der Waals surface area contributed by atoms with E-state index in [2.05, 4.69) is 21.5 Å². The lowest BCUT2D eigenvalue weighted by molar-refractivity contribution is -0.129. The minimum absolute atomic E-state index is 0.0255. The van der Waals surface area contributed by atoms with Crippen LogP contribution in [0.5, 0.6) is 11.5 Å². The molecular formula is C29H29N5O6. The van der Waals surface area contributed by atoms with Crippen LogP contribution in [0.4, 0.5) is 11.4 Å². The quantitative estimate of drug-likeness (QED) is 0.226. The number of aromatic nitrogens is 1. The molecule has 0 atom stereocenters. The van der Waals surface area contributed by atoms with Crippen LogP contribution in [0.15, 0.2) is 79.0 Å². The first-order chi connectivity index (χ1) is 19.4. The van der Waals surface area contributed by atoms with E-state index in [1.165, 1.54) is 26.4 Å². The van der Waals surface area contributed by atoms with Crippen LogP contribution in [-0.4, -0.2) is 42.4 Å². The van der Waals surface area contributed by atoms with Crippen molar-refractivity contribution in [2.45, 2.75) is 19.4 Å². The van der Waals surface area contributed by atoms with Gasteiger partial charge in [-0.05, 0) is 29.7 Å². The first kappa shape index (κ1) is 27.7. The molecule has 0 saturated heterocycles. The average Bonchev–Trinajstić information content (AvgIpc) is 3.38. The highest BCUT2D eigenvalue weighted by molar-refractivity contribution is 6.05. The van der Waals surface area contributed by atoms with Gasteiger partial charge in [0.1, 0.15) is 18.0 Å². The molecule has 206 valence electrons. The molecule has 0 fully saturated rings. The molecule has 0 aliphatic rings. The Kier molecular flexibility index (Phi) is 8.98. The van der Waals surface area contributed by atoms with Crippen LogP contribution in [0.2, 0.25) is 0 Å². The predicted molar refractivity (Wildman–Crippen MR) is 150 cm³/mol. The van der Waals surface area contributed by atoms with Crippen molar-refractivity contribution < 1.29 is 28.7 Å². The van der Waals surface area contributed by atoms with Gasteiger partial charge in [0.2, 0.25) is 11.8 Å². The van der Waals surface area contributed by atoms with Crippen molar-refractivity contribution >= 4 is 45.9 Å². The number of hydrazine groups is 1. The fourth-order valence-electron chi connectivity index (χ4n) is 3.99. The Balaban J connectivity index is 1.28. The number of carbonyl (C=O) groups is 4. The molecule has 0 bridgehead atoms. The van der Waals surface area contributed by atoms with E-state index in [1.54, 1.807) is 35.0 Å². The molecule has 4 rings (SSSR count). The SMILES string of the molecule is COc1cc(NC(=O)c2ccccc2)c(OC)cc1NC(=O)CCC(=O)NNC(=O)Cn1ccc2ccccc21. The normalized spacial score (nSPS) is 10.4. The minimum atomic E-state index is -0.524. The molecular weight excluding hydrogens is 514 g/mol. The molecule has 4 aromatic rings. The van der Waals surface area contributed by atoms with E-state index in [1.807, 2.05) is 36.4 Å². The Bertz CT molecular complexity index is 1530. The highest BCUT2D eigenvalue weighted by Gasteiger charge is 2.17. The molecule has 11 nitrogen and oxygen atoms in total. The number of amides is 4. The van der Waals surface area contributed by atoms with Gasteiger partial charge in [0, 0.05) is 42.3 Å². The van der Waals surface area contributed by atoms with Gasteiger partial charge in [-0.25, -0.2) is 0 Å². The van der Waals surface area contributed by atoms with Crippen LogP contribution in [-0.2, 0) is 20.9 Å². The Morgan fingerprint density at radius 1 is 0.700 bits per heavy atom. The molecule has 11 heteroatoms. The maximum Gasteiger partial charge on any atom is 0.258 e. The van der Waals surface area contributed by atoms with Gasteiger partial charge in [-0.1, -0.05) is 36.4 Å². The first-order valence-electron chi connectivity index (χ1n) is 12.4. The number of fused-ring (bicyclic) bond motifs is 1. The number of hydrogen-bond acceptors (Lipinski definition) is 6. The molecule has 4 amide bonds. The monoisotopic (exact) mass is 543 g/mol. The number of rotatable bonds is 10. The predicted octanol–water partition coefficient (Wildman–Crippen LogP) is 3.48. The second kappa shape index (κ2) is 13.0. The van der Waals surface area contributed by atoms with Crippen LogP contribution in [0, 0.1) is 0 Å². The zero-order chi connectivity index (χ0) is 28.5. The molecule has 3 aromatic carbocycles. The van der Waals surface area contributed by atoms with E-state index >= 15 is 0 Å². The number of nitrogens with zero attached hydrogens (tertiary/aromatic N) is 1. The van der Waals surface area contributed by atoms with Crippen LogP contribution in [0.1, 0.15) is 23.2 Å². The molecule has 0 spiro atoms. The summed E-state index contributed by atoms with van der Waals surface area (Å²) in [6.07, 6.45) is 1.48. The fourth-order valence-corrected chi connectivity index (χ4v) is 3.99. The van der Waals surface area contributed by atoms with Crippen LogP contribution >= 0.6 is 0 Å². The first-order valence-corrected chi connectivity index (χ1v) is 12.4. The molecule has 1 aromatic heterocycles. The summed E-state index contributed by atoms with van der Waals surface area (Å²) in [7, 11) is 2.86. The van der Waals surface area contributed by atoms with Gasteiger partial charge in [-0.3, -0.25) is 30.0 Å². The lowest BCUT2D eigenvalue weighted by Crippen LogP contribution is -2.43. The van der Waals surface area contributed by atoms with E-state index in [0.29, 0.717) is 22.7 Å². The molecule has 0 unspecified atom stereocenters. The van der Waals surface area contributed by atoms with Gasteiger partial charge < -0.3 is 24.7 Å². The van der Waals surface area contributed by atoms with Crippen LogP contribution < -0.4 is 31.0 Å². The molecule has 4 N–H and O–H groups in total. The Morgan fingerprint density at radius 3 is 2.00 bits per heavy atom. The van der Waals surface area contributed by atoms with E-state index in [-0.39, 0.29) is 31.0 Å². The number of methoxy groups -OCH3 is 2. The summed E-state index contributed by atoms with van der Waals surface area (Å²) in [6, 6.07) is 21.3. The lowest BCUT2D eigenvalue weighted by Gasteiger charge is -2.16. The van der Waals surface area contributed by atoms with Gasteiger partial charge in [0.05, 0.1) is 25.6 Å². The van der Waals surface area contributed by atoms with Crippen molar-refractivity contribution in [3.63, 3.8) is 0 Å². The smallest absolute Gasteiger partial charge is 0.258 e. The van der Waals surface area contributed by atoms with Crippen molar-refractivity contribution in [2.75, 3.05) is 24.9 Å². The summed E-state index contributed by atoms with van der Waals surface area (Å²) in [6.45, 7) is 0.0255. The van der Waals surface area contributed by atoms with Crippen LogP contribution in [0.3, 0.4) is 0 Å². The zero-order valence-electron chi connectivity index (χ0n) is 22.0. The number of carbonyl (C=O) groups excluding carboxylic acids is 4. The number of benzene rings is 3. The van der Waals surface area contributed by atoms with Crippen LogP contribution in [0.25, 0.3) is 10.9 Å². The third kappa shape index (κ3) is 6.95. The Morgan fingerprint density at radius 2 is 1.30 bits per heavy atom. The number of hydrogen-bond donors (Lipinski definition) is 4. The molecule has 0 saturated carbocycles. The third-order valence-corrected chi connectivity index (χ3v) is 5.99. The number of ether oxygens (including phenoxy) is 2. The zero-order valence-corrected chi connectivity index (χ0v) is 22.0. The summed E-state index contributed by atoms with van der Waals surface area (Å²) < 4.78 is 12.5. The number of anilines is 2. The summed E-state index contributed by atoms with van der Waals surface area (Å²) in [4.78, 5) is 49.6. The van der Waals surface area contributed by atoms with Gasteiger partial charge in [0.15, 0.2) is 0 Å². The van der Waals surface area contributed by atoms with E-state index < -0.39 is 17.7 Å². The van der Waals surface area contributed by atoms with Gasteiger partial charge in [0.25, 0.3) is 11.8 Å². The fraction of sp³-hybridized carbons (Fsp3) is 0.172. The minimum Gasteiger partial charge on any atom is -0.494 e. The number of nitrogens with one attached hydrogen (secondary N) is 4. The van der Waals surface area contributed by atoms with Crippen molar-refractivity contribution in [3.05, 3.63) is 84.6 Å². The molecule has 0 radical (unpaired) electrons. The third-order valence-electron chi connectivity index (χ3n) is 5.99. The molecule has 40 heavy (non-hydrogen) atoms. The second-order valence-electron chi connectivity index (χ2n) is 8.72. The maximum absolute atomic E-state index is 12.6. The van der Waals surface area contributed by atoms with E-state index in [4.69, 9.17) is 9.47 Å². The van der Waals surface area contributed by atoms with E-state index in [9.17, 15) is 19.2 Å². The van der Waals surface area contributed by atoms with E-state index in [0.717, 1.165) is 10.9 Å². The largest absolute Gasteiger partial charge is 0.494 e. The Labute approximate surface area is 230 Å². The maximum atomic E-state index is 12.6.